The van der Waals surface area contributed by atoms with Crippen LogP contribution in [0.5, 0.6) is 0 Å². The van der Waals surface area contributed by atoms with Crippen molar-refractivity contribution in [2.45, 2.75) is 52.3 Å². The SMILES string of the molecule is CCNC(C)c1ccccc1N1CC(C)OCC1CC. The van der Waals surface area contributed by atoms with Gasteiger partial charge in [-0.2, -0.15) is 0 Å². The summed E-state index contributed by atoms with van der Waals surface area (Å²) >= 11 is 0. The van der Waals surface area contributed by atoms with Gasteiger partial charge in [0.1, 0.15) is 0 Å². The molecule has 1 saturated heterocycles. The number of para-hydroxylation sites is 1. The van der Waals surface area contributed by atoms with Gasteiger partial charge in [0.05, 0.1) is 18.8 Å². The summed E-state index contributed by atoms with van der Waals surface area (Å²) in [5, 5.41) is 3.53. The predicted octanol–water partition coefficient (Wildman–Crippen LogP) is 3.36. The molecule has 2 rings (SSSR count). The summed E-state index contributed by atoms with van der Waals surface area (Å²) in [6, 6.07) is 9.65. The van der Waals surface area contributed by atoms with E-state index in [1.807, 2.05) is 0 Å². The van der Waals surface area contributed by atoms with Crippen LogP contribution in [0.3, 0.4) is 0 Å². The van der Waals surface area contributed by atoms with E-state index in [0.29, 0.717) is 18.2 Å². The molecule has 20 heavy (non-hydrogen) atoms. The number of hydrogen-bond donors (Lipinski definition) is 1. The van der Waals surface area contributed by atoms with Gasteiger partial charge in [-0.05, 0) is 38.4 Å². The smallest absolute Gasteiger partial charge is 0.0723 e. The lowest BCUT2D eigenvalue weighted by Crippen LogP contribution is -2.49. The molecule has 0 spiro atoms. The number of morpholine rings is 1. The van der Waals surface area contributed by atoms with Gasteiger partial charge in [-0.15, -0.1) is 0 Å². The topological polar surface area (TPSA) is 24.5 Å². The summed E-state index contributed by atoms with van der Waals surface area (Å²) in [5.74, 6) is 0. The summed E-state index contributed by atoms with van der Waals surface area (Å²) < 4.78 is 5.82. The number of benzene rings is 1. The van der Waals surface area contributed by atoms with Gasteiger partial charge in [-0.3, -0.25) is 0 Å². The molecular formula is C17H28N2O. The second-order valence-electron chi connectivity index (χ2n) is 5.70. The number of nitrogens with zero attached hydrogens (tertiary/aromatic N) is 1. The third-order valence-electron chi connectivity index (χ3n) is 4.16. The average molecular weight is 276 g/mol. The van der Waals surface area contributed by atoms with Gasteiger partial charge in [0.2, 0.25) is 0 Å². The Hall–Kier alpha value is -1.06. The Labute approximate surface area is 123 Å². The first-order valence-electron chi connectivity index (χ1n) is 7.87. The van der Waals surface area contributed by atoms with Crippen LogP contribution in [0.25, 0.3) is 0 Å². The van der Waals surface area contributed by atoms with Crippen LogP contribution < -0.4 is 10.2 Å². The molecule has 3 unspecified atom stereocenters. The van der Waals surface area contributed by atoms with Crippen LogP contribution >= 0.6 is 0 Å². The molecule has 0 saturated carbocycles. The number of nitrogens with one attached hydrogen (secondary N) is 1. The monoisotopic (exact) mass is 276 g/mol. The van der Waals surface area contributed by atoms with Crippen molar-refractivity contribution in [2.24, 2.45) is 0 Å². The first kappa shape index (κ1) is 15.3. The Balaban J connectivity index is 2.30. The van der Waals surface area contributed by atoms with Crippen molar-refractivity contribution < 1.29 is 4.74 Å². The third-order valence-corrected chi connectivity index (χ3v) is 4.16. The Kier molecular flexibility index (Phi) is 5.44. The Morgan fingerprint density at radius 3 is 2.80 bits per heavy atom. The van der Waals surface area contributed by atoms with Crippen LogP contribution in [-0.4, -0.2) is 31.8 Å². The van der Waals surface area contributed by atoms with Crippen LogP contribution in [0.2, 0.25) is 0 Å². The highest BCUT2D eigenvalue weighted by molar-refractivity contribution is 5.56. The van der Waals surface area contributed by atoms with E-state index in [2.05, 4.69) is 62.2 Å². The molecule has 1 N–H and O–H groups in total. The van der Waals surface area contributed by atoms with Crippen LogP contribution in [0.1, 0.15) is 45.7 Å². The van der Waals surface area contributed by atoms with Crippen LogP contribution in [0.4, 0.5) is 5.69 Å². The van der Waals surface area contributed by atoms with Crippen molar-refractivity contribution in [2.75, 3.05) is 24.6 Å². The first-order chi connectivity index (χ1) is 9.67. The van der Waals surface area contributed by atoms with Gasteiger partial charge in [-0.25, -0.2) is 0 Å². The van der Waals surface area contributed by atoms with Crippen molar-refractivity contribution in [3.8, 4) is 0 Å². The molecule has 1 aliphatic rings. The van der Waals surface area contributed by atoms with Crippen LogP contribution in [0, 0.1) is 0 Å². The second kappa shape index (κ2) is 7.09. The van der Waals surface area contributed by atoms with Gasteiger partial charge < -0.3 is 15.0 Å². The van der Waals surface area contributed by atoms with Crippen molar-refractivity contribution in [1.29, 1.82) is 0 Å². The second-order valence-corrected chi connectivity index (χ2v) is 5.70. The van der Waals surface area contributed by atoms with E-state index in [-0.39, 0.29) is 0 Å². The van der Waals surface area contributed by atoms with E-state index < -0.39 is 0 Å². The Bertz CT molecular complexity index is 421. The molecule has 3 atom stereocenters. The fourth-order valence-electron chi connectivity index (χ4n) is 3.01. The van der Waals surface area contributed by atoms with Gasteiger partial charge in [-0.1, -0.05) is 32.0 Å². The number of ether oxygens (including phenoxy) is 1. The molecule has 0 aliphatic carbocycles. The lowest BCUT2D eigenvalue weighted by Gasteiger charge is -2.41. The Morgan fingerprint density at radius 2 is 2.10 bits per heavy atom. The molecule has 0 bridgehead atoms. The van der Waals surface area contributed by atoms with Crippen molar-refractivity contribution in [3.63, 3.8) is 0 Å². The summed E-state index contributed by atoms with van der Waals surface area (Å²) in [7, 11) is 0. The minimum absolute atomic E-state index is 0.306. The summed E-state index contributed by atoms with van der Waals surface area (Å²) in [5.41, 5.74) is 2.75. The number of rotatable bonds is 5. The molecule has 1 aromatic rings. The highest BCUT2D eigenvalue weighted by atomic mass is 16.5. The van der Waals surface area contributed by atoms with E-state index in [9.17, 15) is 0 Å². The quantitative estimate of drug-likeness (QED) is 0.892. The van der Waals surface area contributed by atoms with Crippen LogP contribution in [-0.2, 0) is 4.74 Å². The lowest BCUT2D eigenvalue weighted by atomic mass is 10.0. The fraction of sp³-hybridized carbons (Fsp3) is 0.647. The predicted molar refractivity (Wildman–Crippen MR) is 85.4 cm³/mol. The zero-order valence-electron chi connectivity index (χ0n) is 13.2. The van der Waals surface area contributed by atoms with Gasteiger partial charge in [0.15, 0.2) is 0 Å². The number of anilines is 1. The lowest BCUT2D eigenvalue weighted by molar-refractivity contribution is 0.0298. The summed E-state index contributed by atoms with van der Waals surface area (Å²) in [6.07, 6.45) is 1.43. The summed E-state index contributed by atoms with van der Waals surface area (Å²) in [4.78, 5) is 2.54. The zero-order valence-corrected chi connectivity index (χ0v) is 13.2. The van der Waals surface area contributed by atoms with Crippen LogP contribution in [0.15, 0.2) is 24.3 Å². The maximum absolute atomic E-state index is 5.82. The van der Waals surface area contributed by atoms with Crippen molar-refractivity contribution in [1.82, 2.24) is 5.32 Å². The fourth-order valence-corrected chi connectivity index (χ4v) is 3.01. The van der Waals surface area contributed by atoms with Gasteiger partial charge in [0, 0.05) is 18.3 Å². The van der Waals surface area contributed by atoms with E-state index >= 15 is 0 Å². The Morgan fingerprint density at radius 1 is 1.35 bits per heavy atom. The maximum atomic E-state index is 5.82. The summed E-state index contributed by atoms with van der Waals surface area (Å²) in [6.45, 7) is 11.6. The van der Waals surface area contributed by atoms with Gasteiger partial charge >= 0.3 is 0 Å². The first-order valence-corrected chi connectivity index (χ1v) is 7.87. The van der Waals surface area contributed by atoms with E-state index in [4.69, 9.17) is 4.74 Å². The number of hydrogen-bond acceptors (Lipinski definition) is 3. The molecule has 0 aromatic heterocycles. The molecule has 0 radical (unpaired) electrons. The van der Waals surface area contributed by atoms with Crippen molar-refractivity contribution in [3.05, 3.63) is 29.8 Å². The highest BCUT2D eigenvalue weighted by Crippen LogP contribution is 2.30. The minimum Gasteiger partial charge on any atom is -0.375 e. The average Bonchev–Trinajstić information content (AvgIpc) is 2.47. The highest BCUT2D eigenvalue weighted by Gasteiger charge is 2.27. The van der Waals surface area contributed by atoms with Crippen molar-refractivity contribution >= 4 is 5.69 Å². The molecule has 1 aromatic carbocycles. The van der Waals surface area contributed by atoms with E-state index in [1.165, 1.54) is 11.3 Å². The largest absolute Gasteiger partial charge is 0.375 e. The molecule has 3 nitrogen and oxygen atoms in total. The minimum atomic E-state index is 0.306. The normalized spacial score (nSPS) is 24.7. The maximum Gasteiger partial charge on any atom is 0.0723 e. The molecule has 3 heteroatoms. The zero-order chi connectivity index (χ0) is 14.5. The molecule has 1 heterocycles. The molecule has 1 fully saturated rings. The van der Waals surface area contributed by atoms with E-state index in [1.54, 1.807) is 0 Å². The standard InChI is InChI=1S/C17H28N2O/c1-5-15-12-20-13(3)11-19(15)17-10-8-7-9-16(17)14(4)18-6-2/h7-10,13-15,18H,5-6,11-12H2,1-4H3. The molecule has 1 aliphatic heterocycles. The van der Waals surface area contributed by atoms with Gasteiger partial charge in [0.25, 0.3) is 0 Å². The molecule has 112 valence electrons. The van der Waals surface area contributed by atoms with E-state index in [0.717, 1.165) is 26.1 Å². The third kappa shape index (κ3) is 3.33. The molecular weight excluding hydrogens is 248 g/mol. The molecule has 0 amide bonds.